The van der Waals surface area contributed by atoms with Crippen molar-refractivity contribution in [2.45, 2.75) is 106 Å². The normalized spacial score (nSPS) is 16.0. The first-order valence-corrected chi connectivity index (χ1v) is 31.8. The fourth-order valence-corrected chi connectivity index (χ4v) is 12.9. The standard InChI is InChI=1S/4C21H21N2O/c1-13(2)20-21-19(15-9-5-6-11-17(15)24-21)18(14(3)22-20)16-10-7-8-12-23(16)4;1-13(2)15-9-11-18-21(22-15)20-17(24-18)10-8-14(3)19(20)16-7-5-6-12-23(16)4;1-13(2)16-11-19-15(12-22-16)21-18(24-19)9-8-14(3)20(21)17-7-5-6-10-23(17)4;1-13(2)16-11-15-19(12-22-16)24-18-9-8-14(3)20(21(15)18)17-7-5-6-10-23(17)4/h4*5-13H,1-4H3/q4*+1/i2*1D3,13D;13D;1D3,13D. The molecule has 480 valence electrons. The van der Waals surface area contributed by atoms with Crippen LogP contribution in [0.5, 0.6) is 0 Å². The Morgan fingerprint density at radius 1 is 0.365 bits per heavy atom. The highest BCUT2D eigenvalue weighted by atomic mass is 16.3. The Balaban J connectivity index is 0.000000128. The zero-order chi connectivity index (χ0) is 78.6. The van der Waals surface area contributed by atoms with Crippen molar-refractivity contribution in [3.05, 3.63) is 240 Å². The molecule has 12 aromatic heterocycles. The van der Waals surface area contributed by atoms with E-state index in [-0.39, 0.29) is 17.1 Å². The van der Waals surface area contributed by atoms with Crippen molar-refractivity contribution in [1.82, 2.24) is 19.9 Å². The lowest BCUT2D eigenvalue weighted by molar-refractivity contribution is -0.660. The molecule has 96 heavy (non-hydrogen) atoms. The lowest BCUT2D eigenvalue weighted by atomic mass is 9.97. The summed E-state index contributed by atoms with van der Waals surface area (Å²) in [5.41, 5.74) is 19.2. The minimum atomic E-state index is -2.54. The number of hydrogen-bond donors (Lipinski definition) is 0. The monoisotopic (exact) mass is 1280 g/mol. The van der Waals surface area contributed by atoms with Gasteiger partial charge in [0.25, 0.3) is 0 Å². The molecule has 3 atom stereocenters. The van der Waals surface area contributed by atoms with Gasteiger partial charge >= 0.3 is 0 Å². The van der Waals surface area contributed by atoms with E-state index in [0.717, 1.165) is 99.5 Å². The van der Waals surface area contributed by atoms with E-state index in [1.807, 2.05) is 216 Å². The molecule has 0 bridgehead atoms. The SMILES string of the molecule is [2H]C(C)(C)c1cc2oc3ccc(C)c(-c4cccc[n+]4C)c3c2cn1.[2H]C([2H])([2H])C([2H])(C)c1cc2c(cn1)oc1ccc(C)c(-c3cccc[n+]3C)c12.[2H]C([2H])([2H])C([2H])(C)c1ccc2oc3ccc(C)c(-c4cccc[n+]4C)c3c2n1.[2H]C([2H])([2H])C([2H])(C)c1nc(C)c(-c2cccc[n+]2C)c2c1oc1ccccc12. The number of aromatic nitrogens is 8. The molecule has 0 saturated heterocycles. The molecule has 12 nitrogen and oxygen atoms in total. The van der Waals surface area contributed by atoms with Crippen LogP contribution in [0, 0.1) is 27.7 Å². The maximum absolute atomic E-state index is 8.60. The van der Waals surface area contributed by atoms with Gasteiger partial charge in [-0.25, -0.2) is 23.3 Å². The van der Waals surface area contributed by atoms with Crippen LogP contribution in [0.15, 0.2) is 213 Å². The van der Waals surface area contributed by atoms with Crippen molar-refractivity contribution in [3.8, 4) is 45.0 Å². The lowest BCUT2D eigenvalue weighted by Crippen LogP contribution is -2.30. The summed E-state index contributed by atoms with van der Waals surface area (Å²) in [6.07, 6.45) is 11.3. The number of aryl methyl sites for hydroxylation is 8. The van der Waals surface area contributed by atoms with Gasteiger partial charge in [0.1, 0.15) is 61.6 Å². The first-order chi connectivity index (χ1) is 51.2. The molecule has 0 radical (unpaired) electrons. The number of para-hydroxylation sites is 1. The van der Waals surface area contributed by atoms with Gasteiger partial charge in [-0.1, -0.05) is 91.6 Å². The zero-order valence-corrected chi connectivity index (χ0v) is 56.2. The summed E-state index contributed by atoms with van der Waals surface area (Å²) in [5, 5.41) is 6.25. The van der Waals surface area contributed by atoms with Crippen molar-refractivity contribution in [3.63, 3.8) is 0 Å². The van der Waals surface area contributed by atoms with Gasteiger partial charge in [0.2, 0.25) is 22.8 Å². The maximum Gasteiger partial charge on any atom is 0.214 e. The Labute approximate surface area is 579 Å². The van der Waals surface area contributed by atoms with Gasteiger partial charge in [0.15, 0.2) is 41.5 Å². The molecule has 0 aliphatic heterocycles. The smallest absolute Gasteiger partial charge is 0.214 e. The topological polar surface area (TPSA) is 120 Å². The van der Waals surface area contributed by atoms with E-state index < -0.39 is 44.1 Å². The summed E-state index contributed by atoms with van der Waals surface area (Å²) >= 11 is 0. The fraction of sp³-hybridized carbons (Fsp3) is 0.238. The molecular weight excluding hydrogens is 1180 g/mol. The second-order valence-corrected chi connectivity index (χ2v) is 24.8. The summed E-state index contributed by atoms with van der Waals surface area (Å²) in [4.78, 5) is 18.0. The molecule has 0 saturated carbocycles. The largest absolute Gasteiger partial charge is 0.456 e. The van der Waals surface area contributed by atoms with E-state index in [4.69, 9.17) is 35.5 Å². The van der Waals surface area contributed by atoms with Gasteiger partial charge in [-0.2, -0.15) is 0 Å². The highest BCUT2D eigenvalue weighted by Crippen LogP contribution is 2.43. The van der Waals surface area contributed by atoms with E-state index >= 15 is 0 Å². The van der Waals surface area contributed by atoms with Crippen LogP contribution in [0.3, 0.4) is 0 Å². The Hall–Kier alpha value is -10.7. The first-order valence-electron chi connectivity index (χ1n) is 38.3. The molecule has 0 aliphatic carbocycles. The highest BCUT2D eigenvalue weighted by molar-refractivity contribution is 6.15. The molecule has 12 heteroatoms. The first kappa shape index (κ1) is 49.8. The van der Waals surface area contributed by atoms with Gasteiger partial charge in [-0.05, 0) is 135 Å². The van der Waals surface area contributed by atoms with Gasteiger partial charge in [0.05, 0.1) is 45.2 Å². The van der Waals surface area contributed by atoms with Crippen LogP contribution in [0.25, 0.3) is 133 Å². The van der Waals surface area contributed by atoms with Crippen molar-refractivity contribution < 1.29 is 53.8 Å². The number of hydrogen-bond acceptors (Lipinski definition) is 8. The van der Waals surface area contributed by atoms with Crippen LogP contribution in [0.2, 0.25) is 0 Å². The molecule has 4 aromatic carbocycles. The van der Waals surface area contributed by atoms with Crippen LogP contribution < -0.4 is 18.3 Å². The predicted molar refractivity (Wildman–Crippen MR) is 388 cm³/mol. The number of furan rings is 4. The molecule has 0 aliphatic rings. The van der Waals surface area contributed by atoms with Crippen LogP contribution in [0.1, 0.15) is 142 Å². The fourth-order valence-electron chi connectivity index (χ4n) is 12.9. The quantitative estimate of drug-likeness (QED) is 0.138. The van der Waals surface area contributed by atoms with Crippen LogP contribution >= 0.6 is 0 Å². The average Bonchev–Trinajstić information content (AvgIpc) is 1.66. The third kappa shape index (κ3) is 11.8. The van der Waals surface area contributed by atoms with Crippen LogP contribution in [0.4, 0.5) is 0 Å². The van der Waals surface area contributed by atoms with Gasteiger partial charge in [-0.15, -0.1) is 0 Å². The van der Waals surface area contributed by atoms with E-state index in [1.165, 1.54) is 38.1 Å². The summed E-state index contributed by atoms with van der Waals surface area (Å²) in [5.74, 6) is -6.28. The zero-order valence-electron chi connectivity index (χ0n) is 69.2. The van der Waals surface area contributed by atoms with E-state index in [9.17, 15) is 0 Å². The lowest BCUT2D eigenvalue weighted by Gasteiger charge is -2.11. The molecule has 0 N–H and O–H groups in total. The Morgan fingerprint density at radius 3 is 1.38 bits per heavy atom. The second kappa shape index (κ2) is 26.2. The minimum absolute atomic E-state index is 0.138. The maximum atomic E-state index is 8.60. The summed E-state index contributed by atoms with van der Waals surface area (Å²) in [7, 11) is 7.96. The van der Waals surface area contributed by atoms with Crippen LogP contribution in [-0.4, -0.2) is 19.9 Å². The van der Waals surface area contributed by atoms with E-state index in [1.54, 1.807) is 18.2 Å². The molecule has 0 amide bonds. The Bertz CT molecular complexity index is 6050. The summed E-state index contributed by atoms with van der Waals surface area (Å²) in [6, 6.07) is 50.5. The summed E-state index contributed by atoms with van der Waals surface area (Å²) in [6.45, 7) is 8.31. The van der Waals surface area contributed by atoms with Crippen molar-refractivity contribution in [2.24, 2.45) is 28.2 Å². The van der Waals surface area contributed by atoms with Crippen molar-refractivity contribution in [1.29, 1.82) is 0 Å². The molecular formula is C84H84N8O4+4. The number of rotatable bonds is 8. The molecule has 12 heterocycles. The third-order valence-corrected chi connectivity index (χ3v) is 17.7. The second-order valence-electron chi connectivity index (χ2n) is 24.8. The molecule has 0 spiro atoms. The predicted octanol–water partition coefficient (Wildman–Crippen LogP) is 19.6. The van der Waals surface area contributed by atoms with Gasteiger partial charge in [-0.3, -0.25) is 15.0 Å². The minimum Gasteiger partial charge on any atom is -0.456 e. The molecule has 3 unspecified atom stereocenters. The molecule has 16 rings (SSSR count). The van der Waals surface area contributed by atoms with Gasteiger partial charge in [0, 0.05) is 128 Å². The number of benzene rings is 4. The van der Waals surface area contributed by atoms with E-state index in [0.29, 0.717) is 50.4 Å². The molecule has 0 fully saturated rings. The Kier molecular flexibility index (Phi) is 13.6. The van der Waals surface area contributed by atoms with Crippen molar-refractivity contribution in [2.75, 3.05) is 0 Å². The van der Waals surface area contributed by atoms with Crippen LogP contribution in [-0.2, 0) is 28.2 Å². The van der Waals surface area contributed by atoms with E-state index in [2.05, 4.69) is 62.9 Å². The average molecular weight is 1280 g/mol. The number of nitrogens with zero attached hydrogens (tertiary/aromatic N) is 8. The molecule has 16 aromatic rings. The summed E-state index contributed by atoms with van der Waals surface area (Å²) < 4.78 is 136. The van der Waals surface area contributed by atoms with Gasteiger partial charge < -0.3 is 17.7 Å². The van der Waals surface area contributed by atoms with Crippen molar-refractivity contribution >= 4 is 87.9 Å². The third-order valence-electron chi connectivity index (χ3n) is 17.7. The highest BCUT2D eigenvalue weighted by Gasteiger charge is 2.27. The number of pyridine rings is 8. The number of fused-ring (bicyclic) bond motifs is 12. The Morgan fingerprint density at radius 2 is 0.823 bits per heavy atom.